The molecule has 0 aliphatic heterocycles. The summed E-state index contributed by atoms with van der Waals surface area (Å²) in [5.74, 6) is -7.79. The zero-order valence-corrected chi connectivity index (χ0v) is 25.3. The molecule has 14 heteroatoms. The van der Waals surface area contributed by atoms with Gasteiger partial charge in [0.25, 0.3) is 5.91 Å². The van der Waals surface area contributed by atoms with E-state index in [1.54, 1.807) is 39.2 Å². The maximum absolute atomic E-state index is 14.0. The minimum absolute atomic E-state index is 0. The van der Waals surface area contributed by atoms with E-state index in [1.165, 1.54) is 4.90 Å². The second kappa shape index (κ2) is 11.3. The van der Waals surface area contributed by atoms with Gasteiger partial charge in [0.05, 0.1) is 23.8 Å². The third-order valence-corrected chi connectivity index (χ3v) is 8.23. The Morgan fingerprint density at radius 2 is 1.72 bits per heavy atom. The van der Waals surface area contributed by atoms with E-state index in [9.17, 15) is 39.6 Å². The maximum atomic E-state index is 14.0. The van der Waals surface area contributed by atoms with Crippen LogP contribution in [0, 0.1) is 11.8 Å². The first kappa shape index (κ1) is 33.5. The summed E-state index contributed by atoms with van der Waals surface area (Å²) in [5, 5.41) is 51.3. The van der Waals surface area contributed by atoms with Gasteiger partial charge in [-0.25, -0.2) is 0 Å². The molecule has 0 radical (unpaired) electrons. The molecule has 0 aromatic heterocycles. The standard InChI is InChI=1S/C29H39N5O8.H2O/c1-28(2,3)31-11-17(35)32-15-10-16(33(4)5)13-8-12-9-14-21(34(6)7)24(38)20(27(30)41)26(40)29(14,42)25(39)18(12)23(37)19(13)22(15)36;/h10,12,14,21,31,36-37,40,42H,8-9,11H2,1-7H3,(H2,30,41)(H,32,35);1H2/t12-,14+,21-,29-;/m0./s1. The molecule has 3 aliphatic rings. The topological polar surface area (TPSA) is 237 Å². The van der Waals surface area contributed by atoms with Crippen LogP contribution in [0.2, 0.25) is 0 Å². The van der Waals surface area contributed by atoms with Crippen molar-refractivity contribution in [2.24, 2.45) is 17.6 Å². The lowest BCUT2D eigenvalue weighted by atomic mass is 9.57. The largest absolute Gasteiger partial charge is 0.508 e. The lowest BCUT2D eigenvalue weighted by Crippen LogP contribution is -2.65. The molecule has 1 aromatic carbocycles. The average molecular weight is 604 g/mol. The first-order valence-corrected chi connectivity index (χ1v) is 13.6. The summed E-state index contributed by atoms with van der Waals surface area (Å²) < 4.78 is 0. The number of rotatable bonds is 6. The number of likely N-dealkylation sites (N-methyl/N-ethyl adjacent to an activating group) is 1. The van der Waals surface area contributed by atoms with Crippen LogP contribution in [-0.2, 0) is 25.6 Å². The highest BCUT2D eigenvalue weighted by Gasteiger charge is 2.64. The molecule has 0 spiro atoms. The predicted molar refractivity (Wildman–Crippen MR) is 159 cm³/mol. The highest BCUT2D eigenvalue weighted by atomic mass is 16.3. The zero-order chi connectivity index (χ0) is 31.6. The van der Waals surface area contributed by atoms with Crippen molar-refractivity contribution in [2.45, 2.75) is 50.8 Å². The number of benzene rings is 1. The molecule has 236 valence electrons. The normalized spacial score (nSPS) is 25.1. The van der Waals surface area contributed by atoms with Gasteiger partial charge in [-0.15, -0.1) is 0 Å². The fourth-order valence-electron chi connectivity index (χ4n) is 6.33. The average Bonchev–Trinajstić information content (AvgIpc) is 2.85. The number of carbonyl (C=O) groups is 4. The molecule has 3 aliphatic carbocycles. The van der Waals surface area contributed by atoms with Gasteiger partial charge in [-0.3, -0.25) is 24.1 Å². The van der Waals surface area contributed by atoms with Crippen LogP contribution < -0.4 is 21.3 Å². The Morgan fingerprint density at radius 1 is 1.12 bits per heavy atom. The number of hydrogen-bond acceptors (Lipinski definition) is 11. The third-order valence-electron chi connectivity index (χ3n) is 8.23. The molecule has 1 aromatic rings. The van der Waals surface area contributed by atoms with Gasteiger partial charge in [0.15, 0.2) is 11.4 Å². The Kier molecular flexibility index (Phi) is 8.78. The number of hydrogen-bond donors (Lipinski definition) is 7. The Hall–Kier alpha value is -3.98. The first-order chi connectivity index (χ1) is 19.3. The molecule has 1 fully saturated rings. The smallest absolute Gasteiger partial charge is 0.255 e. The quantitative estimate of drug-likeness (QED) is 0.162. The molecular weight excluding hydrogens is 562 g/mol. The first-order valence-electron chi connectivity index (χ1n) is 13.6. The Balaban J connectivity index is 0.00000506. The van der Waals surface area contributed by atoms with Crippen molar-refractivity contribution in [1.29, 1.82) is 0 Å². The van der Waals surface area contributed by atoms with Gasteiger partial charge >= 0.3 is 0 Å². The molecule has 10 N–H and O–H groups in total. The molecule has 14 nitrogen and oxygen atoms in total. The second-order valence-corrected chi connectivity index (χ2v) is 12.7. The SMILES string of the molecule is CN(C)c1cc(NC(=O)CNC(C)(C)C)c(O)c2c1C[C@H]1C[C@@H]3[C@H](N(C)C)C(=O)C(C(N)=O)=C(O)[C@@]3(O)C(=O)C1=C2O.O. The molecule has 4 rings (SSSR count). The summed E-state index contributed by atoms with van der Waals surface area (Å²) in [6, 6.07) is 0.409. The van der Waals surface area contributed by atoms with Crippen LogP contribution in [0.3, 0.4) is 0 Å². The summed E-state index contributed by atoms with van der Waals surface area (Å²) in [4.78, 5) is 55.3. The fraction of sp³-hybridized carbons (Fsp3) is 0.517. The number of phenolic OH excluding ortho intramolecular Hbond substituents is 1. The van der Waals surface area contributed by atoms with Crippen LogP contribution in [-0.4, -0.2) is 106 Å². The number of nitrogens with one attached hydrogen (secondary N) is 2. The van der Waals surface area contributed by atoms with Crippen molar-refractivity contribution < 1.29 is 45.1 Å². The minimum atomic E-state index is -2.73. The molecule has 0 bridgehead atoms. The van der Waals surface area contributed by atoms with Gasteiger partial charge in [0.2, 0.25) is 11.7 Å². The Morgan fingerprint density at radius 3 is 2.23 bits per heavy atom. The number of Topliss-reactive ketones (excluding diaryl/α,β-unsaturated/α-hetero) is 2. The number of nitrogens with zero attached hydrogens (tertiary/aromatic N) is 2. The number of fused-ring (bicyclic) bond motifs is 3. The molecule has 2 amide bonds. The van der Waals surface area contributed by atoms with Crippen molar-refractivity contribution >= 4 is 40.5 Å². The van der Waals surface area contributed by atoms with Gasteiger partial charge in [0.1, 0.15) is 22.8 Å². The lowest BCUT2D eigenvalue weighted by Gasteiger charge is -2.50. The van der Waals surface area contributed by atoms with E-state index in [0.717, 1.165) is 0 Å². The lowest BCUT2D eigenvalue weighted by molar-refractivity contribution is -0.153. The Labute approximate surface area is 249 Å². The number of aliphatic hydroxyl groups excluding tert-OH is 2. The van der Waals surface area contributed by atoms with E-state index in [2.05, 4.69) is 10.6 Å². The van der Waals surface area contributed by atoms with Crippen LogP contribution in [0.25, 0.3) is 5.76 Å². The molecule has 0 unspecified atom stereocenters. The number of anilines is 2. The third kappa shape index (κ3) is 5.35. The van der Waals surface area contributed by atoms with E-state index in [1.807, 2.05) is 20.8 Å². The van der Waals surface area contributed by atoms with Gasteiger partial charge < -0.3 is 47.2 Å². The molecular formula is C29H41N5O9. The Bertz CT molecular complexity index is 1460. The van der Waals surface area contributed by atoms with Crippen LogP contribution in [0.15, 0.2) is 23.0 Å². The number of phenols is 1. The number of primary amides is 1. The van der Waals surface area contributed by atoms with Gasteiger partial charge in [-0.2, -0.15) is 0 Å². The molecule has 0 saturated heterocycles. The molecule has 0 heterocycles. The number of amides is 2. The van der Waals surface area contributed by atoms with Crippen molar-refractivity contribution in [3.63, 3.8) is 0 Å². The monoisotopic (exact) mass is 603 g/mol. The van der Waals surface area contributed by atoms with Crippen LogP contribution >= 0.6 is 0 Å². The predicted octanol–water partition coefficient (Wildman–Crippen LogP) is -0.468. The maximum Gasteiger partial charge on any atom is 0.255 e. The molecule has 43 heavy (non-hydrogen) atoms. The number of carbonyl (C=O) groups excluding carboxylic acids is 4. The fourth-order valence-corrected chi connectivity index (χ4v) is 6.33. The van der Waals surface area contributed by atoms with Crippen molar-refractivity contribution in [1.82, 2.24) is 10.2 Å². The van der Waals surface area contributed by atoms with E-state index >= 15 is 0 Å². The van der Waals surface area contributed by atoms with E-state index < -0.39 is 69.7 Å². The summed E-state index contributed by atoms with van der Waals surface area (Å²) >= 11 is 0. The number of nitrogens with two attached hydrogens (primary N) is 1. The number of aromatic hydroxyl groups is 1. The van der Waals surface area contributed by atoms with Gasteiger partial charge in [-0.05, 0) is 65.3 Å². The van der Waals surface area contributed by atoms with Crippen molar-refractivity contribution in [3.05, 3.63) is 34.1 Å². The second-order valence-electron chi connectivity index (χ2n) is 12.7. The summed E-state index contributed by atoms with van der Waals surface area (Å²) in [5.41, 5.74) is 2.11. The van der Waals surface area contributed by atoms with Crippen molar-refractivity contribution in [3.8, 4) is 5.75 Å². The number of ketones is 2. The van der Waals surface area contributed by atoms with Gasteiger partial charge in [0, 0.05) is 36.8 Å². The summed E-state index contributed by atoms with van der Waals surface area (Å²) in [6.07, 6.45) is 0.117. The zero-order valence-electron chi connectivity index (χ0n) is 25.3. The summed E-state index contributed by atoms with van der Waals surface area (Å²) in [6.45, 7) is 5.62. The van der Waals surface area contributed by atoms with E-state index in [-0.39, 0.29) is 47.2 Å². The molecule has 4 atom stereocenters. The van der Waals surface area contributed by atoms with E-state index in [0.29, 0.717) is 11.3 Å². The van der Waals surface area contributed by atoms with Crippen LogP contribution in [0.5, 0.6) is 5.75 Å². The van der Waals surface area contributed by atoms with Crippen LogP contribution in [0.4, 0.5) is 11.4 Å². The molecule has 1 saturated carbocycles. The highest BCUT2D eigenvalue weighted by Crippen LogP contribution is 2.54. The van der Waals surface area contributed by atoms with Crippen LogP contribution in [0.1, 0.15) is 38.3 Å². The van der Waals surface area contributed by atoms with Gasteiger partial charge in [-0.1, -0.05) is 0 Å². The minimum Gasteiger partial charge on any atom is -0.508 e. The van der Waals surface area contributed by atoms with E-state index in [4.69, 9.17) is 5.73 Å². The number of aliphatic hydroxyl groups is 3. The highest BCUT2D eigenvalue weighted by molar-refractivity contribution is 6.24. The van der Waals surface area contributed by atoms with Crippen molar-refractivity contribution in [2.75, 3.05) is 45.0 Å². The summed E-state index contributed by atoms with van der Waals surface area (Å²) in [7, 11) is 6.58.